The van der Waals surface area contributed by atoms with E-state index in [0.717, 1.165) is 12.1 Å². The van der Waals surface area contributed by atoms with Crippen molar-refractivity contribution in [1.29, 1.82) is 0 Å². The molecule has 1 aromatic carbocycles. The van der Waals surface area contributed by atoms with E-state index in [0.29, 0.717) is 25.2 Å². The van der Waals surface area contributed by atoms with Crippen LogP contribution in [0, 0.1) is 11.6 Å². The van der Waals surface area contributed by atoms with E-state index in [9.17, 15) is 13.6 Å². The summed E-state index contributed by atoms with van der Waals surface area (Å²) in [5.41, 5.74) is 5.49. The zero-order valence-electron chi connectivity index (χ0n) is 8.59. The van der Waals surface area contributed by atoms with Crippen molar-refractivity contribution in [2.75, 3.05) is 13.1 Å². The van der Waals surface area contributed by atoms with Crippen LogP contribution in [-0.2, 0) is 6.54 Å². The van der Waals surface area contributed by atoms with E-state index < -0.39 is 17.7 Å². The van der Waals surface area contributed by atoms with Gasteiger partial charge in [0.05, 0.1) is 0 Å². The molecular formula is C10H13F2N3O. The Labute approximate surface area is 91.8 Å². The molecule has 0 spiro atoms. The van der Waals surface area contributed by atoms with Crippen LogP contribution in [0.4, 0.5) is 13.6 Å². The topological polar surface area (TPSA) is 67.2 Å². The van der Waals surface area contributed by atoms with Gasteiger partial charge >= 0.3 is 6.03 Å². The van der Waals surface area contributed by atoms with Crippen molar-refractivity contribution >= 4 is 6.03 Å². The Morgan fingerprint density at radius 2 is 2.00 bits per heavy atom. The van der Waals surface area contributed by atoms with Gasteiger partial charge in [-0.2, -0.15) is 0 Å². The van der Waals surface area contributed by atoms with Gasteiger partial charge in [0.2, 0.25) is 0 Å². The quantitative estimate of drug-likeness (QED) is 0.651. The Morgan fingerprint density at radius 1 is 1.25 bits per heavy atom. The normalized spacial score (nSPS) is 10.1. The molecule has 4 nitrogen and oxygen atoms in total. The smallest absolute Gasteiger partial charge is 0.312 e. The van der Waals surface area contributed by atoms with Gasteiger partial charge in [0.15, 0.2) is 11.6 Å². The lowest BCUT2D eigenvalue weighted by Gasteiger charge is -2.05. The minimum absolute atomic E-state index is 0.388. The van der Waals surface area contributed by atoms with E-state index in [4.69, 9.17) is 5.73 Å². The molecular weight excluding hydrogens is 216 g/mol. The van der Waals surface area contributed by atoms with Gasteiger partial charge in [-0.3, -0.25) is 0 Å². The molecule has 88 valence electrons. The first kappa shape index (κ1) is 12.4. The molecule has 0 unspecified atom stereocenters. The van der Waals surface area contributed by atoms with Crippen LogP contribution in [0.5, 0.6) is 0 Å². The number of hydrogen-bond acceptors (Lipinski definition) is 2. The Balaban J connectivity index is 2.27. The second-order valence-electron chi connectivity index (χ2n) is 3.22. The molecule has 0 atom stereocenters. The summed E-state index contributed by atoms with van der Waals surface area (Å²) in [6.07, 6.45) is 0. The van der Waals surface area contributed by atoms with Crippen molar-refractivity contribution in [3.05, 3.63) is 35.4 Å². The predicted molar refractivity (Wildman–Crippen MR) is 55.7 cm³/mol. The Kier molecular flexibility index (Phi) is 4.65. The Hall–Kier alpha value is -1.69. The monoisotopic (exact) mass is 229 g/mol. The zero-order chi connectivity index (χ0) is 12.0. The summed E-state index contributed by atoms with van der Waals surface area (Å²) < 4.78 is 25.4. The minimum atomic E-state index is -0.866. The van der Waals surface area contributed by atoms with Crippen molar-refractivity contribution in [3.8, 4) is 0 Å². The molecule has 1 rings (SSSR count). The Bertz CT molecular complexity index is 371. The highest BCUT2D eigenvalue weighted by Gasteiger charge is 2.01. The SMILES string of the molecule is NC(=O)NCCNCc1ccc(F)c(F)c1. The highest BCUT2D eigenvalue weighted by Crippen LogP contribution is 2.07. The number of amides is 2. The third kappa shape index (κ3) is 4.22. The van der Waals surface area contributed by atoms with Crippen molar-refractivity contribution in [3.63, 3.8) is 0 Å². The van der Waals surface area contributed by atoms with E-state index in [2.05, 4.69) is 10.6 Å². The summed E-state index contributed by atoms with van der Waals surface area (Å²) in [5.74, 6) is -1.73. The summed E-state index contributed by atoms with van der Waals surface area (Å²) in [6, 6.07) is 3.11. The molecule has 0 aromatic heterocycles. The molecule has 4 N–H and O–H groups in total. The fourth-order valence-electron chi connectivity index (χ4n) is 1.16. The summed E-state index contributed by atoms with van der Waals surface area (Å²) >= 11 is 0. The zero-order valence-corrected chi connectivity index (χ0v) is 8.59. The molecule has 0 saturated carbocycles. The highest BCUT2D eigenvalue weighted by atomic mass is 19.2. The molecule has 0 bridgehead atoms. The van der Waals surface area contributed by atoms with E-state index >= 15 is 0 Å². The van der Waals surface area contributed by atoms with Gasteiger partial charge in [-0.25, -0.2) is 13.6 Å². The lowest BCUT2D eigenvalue weighted by Crippen LogP contribution is -2.35. The summed E-state index contributed by atoms with van der Waals surface area (Å²) in [4.78, 5) is 10.3. The second kappa shape index (κ2) is 6.02. The van der Waals surface area contributed by atoms with E-state index in [1.807, 2.05) is 0 Å². The van der Waals surface area contributed by atoms with Gasteiger partial charge < -0.3 is 16.4 Å². The first-order chi connectivity index (χ1) is 7.59. The number of rotatable bonds is 5. The molecule has 0 aliphatic rings. The highest BCUT2D eigenvalue weighted by molar-refractivity contribution is 5.71. The summed E-state index contributed by atoms with van der Waals surface area (Å²) in [7, 11) is 0. The molecule has 6 heteroatoms. The van der Waals surface area contributed by atoms with Crippen LogP contribution in [0.1, 0.15) is 5.56 Å². The maximum Gasteiger partial charge on any atom is 0.312 e. The Morgan fingerprint density at radius 3 is 2.62 bits per heavy atom. The molecule has 0 saturated heterocycles. The largest absolute Gasteiger partial charge is 0.352 e. The number of carbonyl (C=O) groups is 1. The number of nitrogens with one attached hydrogen (secondary N) is 2. The van der Waals surface area contributed by atoms with Crippen LogP contribution in [0.15, 0.2) is 18.2 Å². The molecule has 0 aliphatic heterocycles. The fourth-order valence-corrected chi connectivity index (χ4v) is 1.16. The van der Waals surface area contributed by atoms with Gasteiger partial charge in [-0.05, 0) is 17.7 Å². The van der Waals surface area contributed by atoms with Crippen molar-refractivity contribution in [1.82, 2.24) is 10.6 Å². The minimum Gasteiger partial charge on any atom is -0.352 e. The lowest BCUT2D eigenvalue weighted by atomic mass is 10.2. The molecule has 0 fully saturated rings. The third-order valence-electron chi connectivity index (χ3n) is 1.91. The van der Waals surface area contributed by atoms with Crippen LogP contribution in [0.2, 0.25) is 0 Å². The number of carbonyl (C=O) groups excluding carboxylic acids is 1. The van der Waals surface area contributed by atoms with Gasteiger partial charge in [0.25, 0.3) is 0 Å². The van der Waals surface area contributed by atoms with Gasteiger partial charge in [-0.1, -0.05) is 6.07 Å². The fraction of sp³-hybridized carbons (Fsp3) is 0.300. The van der Waals surface area contributed by atoms with Gasteiger partial charge in [0, 0.05) is 19.6 Å². The van der Waals surface area contributed by atoms with E-state index in [1.165, 1.54) is 6.07 Å². The number of hydrogen-bond donors (Lipinski definition) is 3. The average molecular weight is 229 g/mol. The molecule has 16 heavy (non-hydrogen) atoms. The van der Waals surface area contributed by atoms with Crippen LogP contribution >= 0.6 is 0 Å². The van der Waals surface area contributed by atoms with Crippen LogP contribution in [0.3, 0.4) is 0 Å². The maximum atomic E-state index is 12.8. The average Bonchev–Trinajstić information content (AvgIpc) is 2.22. The number of primary amides is 1. The first-order valence-corrected chi connectivity index (χ1v) is 4.77. The maximum absolute atomic E-state index is 12.8. The first-order valence-electron chi connectivity index (χ1n) is 4.77. The number of urea groups is 1. The molecule has 0 radical (unpaired) electrons. The van der Waals surface area contributed by atoms with Gasteiger partial charge in [0.1, 0.15) is 0 Å². The second-order valence-corrected chi connectivity index (χ2v) is 3.22. The van der Waals surface area contributed by atoms with Crippen molar-refractivity contribution in [2.24, 2.45) is 5.73 Å². The van der Waals surface area contributed by atoms with Crippen molar-refractivity contribution < 1.29 is 13.6 Å². The molecule has 1 aromatic rings. The van der Waals surface area contributed by atoms with Crippen LogP contribution in [0.25, 0.3) is 0 Å². The van der Waals surface area contributed by atoms with E-state index in [1.54, 1.807) is 0 Å². The third-order valence-corrected chi connectivity index (χ3v) is 1.91. The predicted octanol–water partition coefficient (Wildman–Crippen LogP) is 0.723. The van der Waals surface area contributed by atoms with Crippen molar-refractivity contribution in [2.45, 2.75) is 6.54 Å². The molecule has 0 aliphatic carbocycles. The summed E-state index contributed by atoms with van der Waals surface area (Å²) in [5, 5.41) is 5.34. The number of nitrogens with two attached hydrogens (primary N) is 1. The molecule has 2 amide bonds. The molecule has 0 heterocycles. The lowest BCUT2D eigenvalue weighted by molar-refractivity contribution is 0.249. The van der Waals surface area contributed by atoms with E-state index in [-0.39, 0.29) is 0 Å². The number of halogens is 2. The standard InChI is InChI=1S/C10H13F2N3O/c11-8-2-1-7(5-9(8)12)6-14-3-4-15-10(13)16/h1-2,5,14H,3-4,6H2,(H3,13,15,16). The number of benzene rings is 1. The van der Waals surface area contributed by atoms with Gasteiger partial charge in [-0.15, -0.1) is 0 Å². The summed E-state index contributed by atoms with van der Waals surface area (Å²) in [6.45, 7) is 1.29. The van der Waals surface area contributed by atoms with Crippen LogP contribution < -0.4 is 16.4 Å². The van der Waals surface area contributed by atoms with Crippen LogP contribution in [-0.4, -0.2) is 19.1 Å².